The quantitative estimate of drug-likeness (QED) is 0.840. The monoisotopic (exact) mass is 222 g/mol. The Hall–Kier alpha value is -1.29. The zero-order chi connectivity index (χ0) is 11.2. The highest BCUT2D eigenvalue weighted by Gasteiger charge is 2.14. The van der Waals surface area contributed by atoms with Gasteiger partial charge in [0.05, 0.1) is 6.61 Å². The molecule has 16 heavy (non-hydrogen) atoms. The van der Waals surface area contributed by atoms with E-state index < -0.39 is 0 Å². The van der Waals surface area contributed by atoms with E-state index in [-0.39, 0.29) is 6.10 Å². The van der Waals surface area contributed by atoms with Gasteiger partial charge in [-0.15, -0.1) is 0 Å². The SMILES string of the molecule is CCOc1cccc(OC2CCCNC2)n1. The topological polar surface area (TPSA) is 43.4 Å². The van der Waals surface area contributed by atoms with Gasteiger partial charge in [0.2, 0.25) is 11.8 Å². The van der Waals surface area contributed by atoms with Crippen molar-refractivity contribution in [2.45, 2.75) is 25.9 Å². The van der Waals surface area contributed by atoms with Crippen molar-refractivity contribution in [3.8, 4) is 11.8 Å². The van der Waals surface area contributed by atoms with Gasteiger partial charge in [0.25, 0.3) is 0 Å². The van der Waals surface area contributed by atoms with Crippen LogP contribution >= 0.6 is 0 Å². The van der Waals surface area contributed by atoms with Gasteiger partial charge in [-0.2, -0.15) is 4.98 Å². The minimum atomic E-state index is 0.234. The van der Waals surface area contributed by atoms with Crippen molar-refractivity contribution in [1.82, 2.24) is 10.3 Å². The van der Waals surface area contributed by atoms with E-state index in [9.17, 15) is 0 Å². The van der Waals surface area contributed by atoms with Gasteiger partial charge in [-0.1, -0.05) is 6.07 Å². The van der Waals surface area contributed by atoms with Crippen LogP contribution in [-0.2, 0) is 0 Å². The standard InChI is InChI=1S/C12H18N2O2/c1-2-15-11-6-3-7-12(14-11)16-10-5-4-8-13-9-10/h3,6-7,10,13H,2,4-5,8-9H2,1H3. The molecule has 1 fully saturated rings. The van der Waals surface area contributed by atoms with Gasteiger partial charge in [-0.25, -0.2) is 0 Å². The van der Waals surface area contributed by atoms with Crippen molar-refractivity contribution in [1.29, 1.82) is 0 Å². The molecule has 1 saturated heterocycles. The van der Waals surface area contributed by atoms with Crippen LogP contribution in [0.1, 0.15) is 19.8 Å². The number of hydrogen-bond acceptors (Lipinski definition) is 4. The Morgan fingerprint density at radius 1 is 1.44 bits per heavy atom. The molecule has 0 spiro atoms. The number of hydrogen-bond donors (Lipinski definition) is 1. The lowest BCUT2D eigenvalue weighted by Gasteiger charge is -2.23. The first kappa shape index (κ1) is 11.2. The van der Waals surface area contributed by atoms with E-state index in [2.05, 4.69) is 10.3 Å². The molecule has 0 amide bonds. The predicted octanol–water partition coefficient (Wildman–Crippen LogP) is 1.61. The van der Waals surface area contributed by atoms with Crippen molar-refractivity contribution >= 4 is 0 Å². The van der Waals surface area contributed by atoms with E-state index >= 15 is 0 Å². The lowest BCUT2D eigenvalue weighted by molar-refractivity contribution is 0.158. The summed E-state index contributed by atoms with van der Waals surface area (Å²) in [4.78, 5) is 4.28. The molecule has 2 heterocycles. The molecular formula is C12H18N2O2. The van der Waals surface area contributed by atoms with Crippen LogP contribution < -0.4 is 14.8 Å². The average molecular weight is 222 g/mol. The first-order valence-corrected chi connectivity index (χ1v) is 5.85. The summed E-state index contributed by atoms with van der Waals surface area (Å²) in [5.41, 5.74) is 0. The van der Waals surface area contributed by atoms with Gasteiger partial charge in [0.1, 0.15) is 6.10 Å². The van der Waals surface area contributed by atoms with Crippen molar-refractivity contribution in [2.24, 2.45) is 0 Å². The van der Waals surface area contributed by atoms with Gasteiger partial charge in [0.15, 0.2) is 0 Å². The molecule has 1 aliphatic rings. The third-order valence-corrected chi connectivity index (χ3v) is 2.53. The fourth-order valence-electron chi connectivity index (χ4n) is 1.78. The summed E-state index contributed by atoms with van der Waals surface area (Å²) in [6.07, 6.45) is 2.49. The number of nitrogens with one attached hydrogen (secondary N) is 1. The second-order valence-corrected chi connectivity index (χ2v) is 3.83. The highest BCUT2D eigenvalue weighted by Crippen LogP contribution is 2.16. The molecule has 1 unspecified atom stereocenters. The molecule has 1 aromatic rings. The summed E-state index contributed by atoms with van der Waals surface area (Å²) >= 11 is 0. The molecule has 1 atom stereocenters. The number of rotatable bonds is 4. The van der Waals surface area contributed by atoms with E-state index in [0.717, 1.165) is 25.9 Å². The van der Waals surface area contributed by atoms with Crippen molar-refractivity contribution in [2.75, 3.05) is 19.7 Å². The van der Waals surface area contributed by atoms with E-state index in [4.69, 9.17) is 9.47 Å². The first-order valence-electron chi connectivity index (χ1n) is 5.85. The molecule has 4 heteroatoms. The zero-order valence-corrected chi connectivity index (χ0v) is 9.61. The Morgan fingerprint density at radius 3 is 3.06 bits per heavy atom. The Labute approximate surface area is 96.0 Å². The lowest BCUT2D eigenvalue weighted by Crippen LogP contribution is -2.37. The minimum Gasteiger partial charge on any atom is -0.478 e. The average Bonchev–Trinajstić information content (AvgIpc) is 2.31. The number of pyridine rings is 1. The van der Waals surface area contributed by atoms with Crippen molar-refractivity contribution in [3.63, 3.8) is 0 Å². The number of nitrogens with zero attached hydrogens (tertiary/aromatic N) is 1. The minimum absolute atomic E-state index is 0.234. The van der Waals surface area contributed by atoms with Gasteiger partial charge in [0, 0.05) is 18.7 Å². The van der Waals surface area contributed by atoms with Crippen LogP contribution in [-0.4, -0.2) is 30.8 Å². The van der Waals surface area contributed by atoms with Crippen LogP contribution in [0.2, 0.25) is 0 Å². The molecule has 1 aromatic heterocycles. The molecule has 1 N–H and O–H groups in total. The highest BCUT2D eigenvalue weighted by atomic mass is 16.5. The summed E-state index contributed by atoms with van der Waals surface area (Å²) in [5, 5.41) is 3.31. The zero-order valence-electron chi connectivity index (χ0n) is 9.61. The number of aromatic nitrogens is 1. The van der Waals surface area contributed by atoms with E-state index in [1.54, 1.807) is 0 Å². The van der Waals surface area contributed by atoms with E-state index in [1.807, 2.05) is 25.1 Å². The Bertz CT molecular complexity index is 325. The van der Waals surface area contributed by atoms with Crippen LogP contribution in [0.25, 0.3) is 0 Å². The molecule has 0 saturated carbocycles. The molecule has 4 nitrogen and oxygen atoms in total. The molecule has 0 aliphatic carbocycles. The maximum absolute atomic E-state index is 5.79. The largest absolute Gasteiger partial charge is 0.478 e. The summed E-state index contributed by atoms with van der Waals surface area (Å²) in [5.74, 6) is 1.28. The Kier molecular flexibility index (Phi) is 3.99. The Balaban J connectivity index is 1.94. The van der Waals surface area contributed by atoms with Crippen molar-refractivity contribution in [3.05, 3.63) is 18.2 Å². The van der Waals surface area contributed by atoms with Crippen LogP contribution in [0.4, 0.5) is 0 Å². The van der Waals surface area contributed by atoms with Gasteiger partial charge < -0.3 is 14.8 Å². The van der Waals surface area contributed by atoms with Crippen LogP contribution in [0.3, 0.4) is 0 Å². The molecule has 2 rings (SSSR count). The summed E-state index contributed by atoms with van der Waals surface area (Å²) in [7, 11) is 0. The van der Waals surface area contributed by atoms with E-state index in [0.29, 0.717) is 18.4 Å². The molecule has 0 radical (unpaired) electrons. The smallest absolute Gasteiger partial charge is 0.216 e. The van der Waals surface area contributed by atoms with Crippen molar-refractivity contribution < 1.29 is 9.47 Å². The fourth-order valence-corrected chi connectivity index (χ4v) is 1.78. The Morgan fingerprint density at radius 2 is 2.31 bits per heavy atom. The molecule has 0 bridgehead atoms. The fraction of sp³-hybridized carbons (Fsp3) is 0.583. The second-order valence-electron chi connectivity index (χ2n) is 3.83. The maximum Gasteiger partial charge on any atom is 0.216 e. The first-order chi connectivity index (χ1) is 7.88. The maximum atomic E-state index is 5.79. The summed E-state index contributed by atoms with van der Waals surface area (Å²) in [6.45, 7) is 4.56. The van der Waals surface area contributed by atoms with Crippen LogP contribution in [0.5, 0.6) is 11.8 Å². The molecule has 88 valence electrons. The second kappa shape index (κ2) is 5.70. The van der Waals surface area contributed by atoms with Gasteiger partial charge >= 0.3 is 0 Å². The molecular weight excluding hydrogens is 204 g/mol. The summed E-state index contributed by atoms with van der Waals surface area (Å²) in [6, 6.07) is 5.62. The number of piperidine rings is 1. The van der Waals surface area contributed by atoms with Crippen LogP contribution in [0.15, 0.2) is 18.2 Å². The van der Waals surface area contributed by atoms with Gasteiger partial charge in [-0.05, 0) is 26.3 Å². The summed E-state index contributed by atoms with van der Waals surface area (Å²) < 4.78 is 11.1. The van der Waals surface area contributed by atoms with Crippen LogP contribution in [0, 0.1) is 0 Å². The van der Waals surface area contributed by atoms with Gasteiger partial charge in [-0.3, -0.25) is 0 Å². The lowest BCUT2D eigenvalue weighted by atomic mass is 10.1. The van der Waals surface area contributed by atoms with E-state index in [1.165, 1.54) is 0 Å². The number of ether oxygens (including phenoxy) is 2. The molecule has 0 aromatic carbocycles. The third kappa shape index (κ3) is 3.10. The third-order valence-electron chi connectivity index (χ3n) is 2.53. The normalized spacial score (nSPS) is 20.4. The predicted molar refractivity (Wildman–Crippen MR) is 61.9 cm³/mol. The molecule has 1 aliphatic heterocycles. The highest BCUT2D eigenvalue weighted by molar-refractivity contribution is 5.20.